The van der Waals surface area contributed by atoms with Gasteiger partial charge >= 0.3 is 0 Å². The fraction of sp³-hybridized carbons (Fsp3) is 0.222. The van der Waals surface area contributed by atoms with E-state index in [0.717, 1.165) is 12.0 Å². The molecule has 0 fully saturated rings. The Labute approximate surface area is 80.7 Å². The van der Waals surface area contributed by atoms with Crippen molar-refractivity contribution in [3.8, 4) is 11.8 Å². The summed E-state index contributed by atoms with van der Waals surface area (Å²) in [5, 5.41) is 9.17. The van der Waals surface area contributed by atoms with Gasteiger partial charge in [0.25, 0.3) is 0 Å². The Morgan fingerprint density at radius 2 is 2.38 bits per heavy atom. The molecular weight excluding hydrogens is 188 g/mol. The molecule has 1 aliphatic rings. The maximum absolute atomic E-state index is 8.76. The topological polar surface area (TPSA) is 59.0 Å². The fourth-order valence-electron chi connectivity index (χ4n) is 1.44. The fourth-order valence-corrected chi connectivity index (χ4v) is 1.71. The molecule has 0 radical (unpaired) electrons. The van der Waals surface area contributed by atoms with Crippen LogP contribution in [0.2, 0.25) is 5.02 Å². The quantitative estimate of drug-likeness (QED) is 0.640. The van der Waals surface area contributed by atoms with Crippen LogP contribution in [-0.4, -0.2) is 6.61 Å². The van der Waals surface area contributed by atoms with E-state index in [1.807, 2.05) is 6.07 Å². The van der Waals surface area contributed by atoms with Crippen LogP contribution in [0.15, 0.2) is 6.07 Å². The van der Waals surface area contributed by atoms with Crippen molar-refractivity contribution in [2.75, 3.05) is 12.3 Å². The average Bonchev–Trinajstić information content (AvgIpc) is 2.53. The third-order valence-corrected chi connectivity index (χ3v) is 2.37. The number of hydrogen-bond donors (Lipinski definition) is 1. The summed E-state index contributed by atoms with van der Waals surface area (Å²) in [6.07, 6.45) is 0.810. The zero-order chi connectivity index (χ0) is 9.42. The van der Waals surface area contributed by atoms with Crippen LogP contribution in [-0.2, 0) is 6.42 Å². The SMILES string of the molecule is N#Cc1c(Cl)cc2c(c1N)OCC2. The lowest BCUT2D eigenvalue weighted by molar-refractivity contribution is 0.358. The molecule has 1 heterocycles. The number of nitrogens with zero attached hydrogens (tertiary/aromatic N) is 1. The predicted octanol–water partition coefficient (Wildman–Crippen LogP) is 1.73. The van der Waals surface area contributed by atoms with Crippen molar-refractivity contribution >= 4 is 17.3 Å². The highest BCUT2D eigenvalue weighted by atomic mass is 35.5. The van der Waals surface area contributed by atoms with Crippen molar-refractivity contribution in [2.45, 2.75) is 6.42 Å². The van der Waals surface area contributed by atoms with E-state index >= 15 is 0 Å². The lowest BCUT2D eigenvalue weighted by Crippen LogP contribution is -1.96. The Morgan fingerprint density at radius 1 is 1.62 bits per heavy atom. The maximum Gasteiger partial charge on any atom is 0.146 e. The number of anilines is 1. The van der Waals surface area contributed by atoms with Crippen LogP contribution in [0, 0.1) is 11.3 Å². The zero-order valence-corrected chi connectivity index (χ0v) is 7.56. The van der Waals surface area contributed by atoms with Crippen molar-refractivity contribution in [2.24, 2.45) is 0 Å². The molecule has 1 aromatic carbocycles. The van der Waals surface area contributed by atoms with Gasteiger partial charge in [0.2, 0.25) is 0 Å². The molecule has 2 N–H and O–H groups in total. The van der Waals surface area contributed by atoms with Crippen molar-refractivity contribution in [1.82, 2.24) is 0 Å². The van der Waals surface area contributed by atoms with Crippen molar-refractivity contribution < 1.29 is 4.74 Å². The standard InChI is InChI=1S/C9H7ClN2O/c10-7-3-5-1-2-13-9(5)8(12)6(7)4-11/h3H,1-2,12H2. The number of ether oxygens (including phenoxy) is 1. The molecule has 0 bridgehead atoms. The predicted molar refractivity (Wildman–Crippen MR) is 49.8 cm³/mol. The second-order valence-electron chi connectivity index (χ2n) is 2.85. The summed E-state index contributed by atoms with van der Waals surface area (Å²) in [4.78, 5) is 0. The summed E-state index contributed by atoms with van der Waals surface area (Å²) >= 11 is 5.86. The van der Waals surface area contributed by atoms with Gasteiger partial charge in [-0.05, 0) is 6.07 Å². The Kier molecular flexibility index (Phi) is 1.78. The number of benzene rings is 1. The minimum atomic E-state index is 0.308. The number of nitrogens with two attached hydrogens (primary N) is 1. The van der Waals surface area contributed by atoms with Crippen LogP contribution < -0.4 is 10.5 Å². The van der Waals surface area contributed by atoms with Gasteiger partial charge in [-0.3, -0.25) is 0 Å². The molecule has 1 aliphatic heterocycles. The lowest BCUT2D eigenvalue weighted by atomic mass is 10.1. The van der Waals surface area contributed by atoms with Gasteiger partial charge in [-0.2, -0.15) is 5.26 Å². The second-order valence-corrected chi connectivity index (χ2v) is 3.25. The normalized spacial score (nSPS) is 13.2. The molecule has 2 rings (SSSR count). The van der Waals surface area contributed by atoms with E-state index < -0.39 is 0 Å². The number of hydrogen-bond acceptors (Lipinski definition) is 3. The highest BCUT2D eigenvalue weighted by Crippen LogP contribution is 2.37. The molecule has 0 aromatic heterocycles. The summed E-state index contributed by atoms with van der Waals surface area (Å²) in [5.74, 6) is 0.626. The van der Waals surface area contributed by atoms with Gasteiger partial charge in [0, 0.05) is 12.0 Å². The van der Waals surface area contributed by atoms with E-state index in [1.165, 1.54) is 0 Å². The van der Waals surface area contributed by atoms with Crippen LogP contribution in [0.4, 0.5) is 5.69 Å². The highest BCUT2D eigenvalue weighted by Gasteiger charge is 2.20. The molecule has 0 unspecified atom stereocenters. The number of rotatable bonds is 0. The van der Waals surface area contributed by atoms with Gasteiger partial charge in [0.15, 0.2) is 0 Å². The van der Waals surface area contributed by atoms with Gasteiger partial charge in [-0.1, -0.05) is 11.6 Å². The summed E-state index contributed by atoms with van der Waals surface area (Å²) in [5.41, 5.74) is 7.37. The molecule has 3 nitrogen and oxygen atoms in total. The smallest absolute Gasteiger partial charge is 0.146 e. The molecule has 0 amide bonds. The van der Waals surface area contributed by atoms with Gasteiger partial charge < -0.3 is 10.5 Å². The number of nitrogen functional groups attached to an aromatic ring is 1. The number of fused-ring (bicyclic) bond motifs is 1. The van der Waals surface area contributed by atoms with Crippen LogP contribution in [0.25, 0.3) is 0 Å². The first kappa shape index (κ1) is 8.21. The van der Waals surface area contributed by atoms with E-state index in [-0.39, 0.29) is 0 Å². The van der Waals surface area contributed by atoms with E-state index in [4.69, 9.17) is 27.3 Å². The summed E-state index contributed by atoms with van der Waals surface area (Å²) in [7, 11) is 0. The molecule has 0 saturated carbocycles. The zero-order valence-electron chi connectivity index (χ0n) is 6.80. The second kappa shape index (κ2) is 2.82. The first-order valence-corrected chi connectivity index (χ1v) is 4.25. The maximum atomic E-state index is 8.76. The highest BCUT2D eigenvalue weighted by molar-refractivity contribution is 6.32. The minimum absolute atomic E-state index is 0.308. The van der Waals surface area contributed by atoms with E-state index in [9.17, 15) is 0 Å². The molecular formula is C9H7ClN2O. The monoisotopic (exact) mass is 194 g/mol. The molecule has 13 heavy (non-hydrogen) atoms. The Balaban J connectivity index is 2.71. The summed E-state index contributed by atoms with van der Waals surface area (Å²) < 4.78 is 5.29. The van der Waals surface area contributed by atoms with Crippen molar-refractivity contribution in [1.29, 1.82) is 5.26 Å². The van der Waals surface area contributed by atoms with Crippen molar-refractivity contribution in [3.63, 3.8) is 0 Å². The minimum Gasteiger partial charge on any atom is -0.491 e. The third kappa shape index (κ3) is 1.11. The van der Waals surface area contributed by atoms with Crippen LogP contribution in [0.5, 0.6) is 5.75 Å². The lowest BCUT2D eigenvalue weighted by Gasteiger charge is -2.06. The molecule has 0 spiro atoms. The summed E-state index contributed by atoms with van der Waals surface area (Å²) in [6.45, 7) is 0.616. The average molecular weight is 195 g/mol. The number of halogens is 1. The molecule has 66 valence electrons. The molecule has 0 saturated heterocycles. The van der Waals surface area contributed by atoms with Gasteiger partial charge in [-0.15, -0.1) is 0 Å². The van der Waals surface area contributed by atoms with E-state index in [0.29, 0.717) is 28.6 Å². The van der Waals surface area contributed by atoms with Crippen molar-refractivity contribution in [3.05, 3.63) is 22.2 Å². The first-order valence-electron chi connectivity index (χ1n) is 3.87. The van der Waals surface area contributed by atoms with Crippen LogP contribution in [0.1, 0.15) is 11.1 Å². The Morgan fingerprint density at radius 3 is 3.08 bits per heavy atom. The Hall–Kier alpha value is -1.40. The molecule has 0 aliphatic carbocycles. The summed E-state index contributed by atoms with van der Waals surface area (Å²) in [6, 6.07) is 3.71. The van der Waals surface area contributed by atoms with Gasteiger partial charge in [0.05, 0.1) is 22.9 Å². The Bertz CT molecular complexity index is 408. The molecule has 0 atom stereocenters. The van der Waals surface area contributed by atoms with E-state index in [1.54, 1.807) is 6.07 Å². The van der Waals surface area contributed by atoms with Crippen LogP contribution in [0.3, 0.4) is 0 Å². The molecule has 4 heteroatoms. The number of nitriles is 1. The van der Waals surface area contributed by atoms with E-state index in [2.05, 4.69) is 0 Å². The van der Waals surface area contributed by atoms with Gasteiger partial charge in [-0.25, -0.2) is 0 Å². The largest absolute Gasteiger partial charge is 0.491 e. The third-order valence-electron chi connectivity index (χ3n) is 2.07. The molecule has 1 aromatic rings. The first-order chi connectivity index (χ1) is 6.24. The van der Waals surface area contributed by atoms with Crippen LogP contribution >= 0.6 is 11.6 Å². The van der Waals surface area contributed by atoms with Gasteiger partial charge in [0.1, 0.15) is 11.8 Å².